The lowest BCUT2D eigenvalue weighted by molar-refractivity contribution is -0.214. The van der Waals surface area contributed by atoms with Gasteiger partial charge in [-0.05, 0) is 65.8 Å². The van der Waals surface area contributed by atoms with Gasteiger partial charge in [-0.1, -0.05) is 35.8 Å². The van der Waals surface area contributed by atoms with Gasteiger partial charge in [0.15, 0.2) is 0 Å². The summed E-state index contributed by atoms with van der Waals surface area (Å²) in [5.41, 5.74) is 4.84. The van der Waals surface area contributed by atoms with E-state index in [-0.39, 0.29) is 24.6 Å². The highest BCUT2D eigenvalue weighted by molar-refractivity contribution is 5.92. The lowest BCUT2D eigenvalue weighted by Crippen LogP contribution is -2.58. The molecule has 4 heterocycles. The molecule has 2 aromatic carbocycles. The van der Waals surface area contributed by atoms with Gasteiger partial charge in [-0.2, -0.15) is 0 Å². The smallest absolute Gasteiger partial charge is 0.274 e. The molecule has 14 heteroatoms. The maximum atomic E-state index is 13.3. The predicted molar refractivity (Wildman–Crippen MR) is 186 cm³/mol. The van der Waals surface area contributed by atoms with Crippen molar-refractivity contribution >= 4 is 5.91 Å². The van der Waals surface area contributed by atoms with Crippen molar-refractivity contribution in [2.75, 3.05) is 26.3 Å². The van der Waals surface area contributed by atoms with Crippen molar-refractivity contribution in [1.29, 1.82) is 0 Å². The lowest BCUT2D eigenvalue weighted by atomic mass is 9.70. The van der Waals surface area contributed by atoms with Crippen LogP contribution in [0.15, 0.2) is 55.0 Å². The molecule has 53 heavy (non-hydrogen) atoms. The number of carbonyl (C=O) groups excluding carboxylic acids is 1. The molecule has 1 aliphatic carbocycles. The number of hydrogen-bond acceptors (Lipinski definition) is 13. The van der Waals surface area contributed by atoms with E-state index in [2.05, 4.69) is 33.6 Å². The number of fused-ring (bicyclic) bond motifs is 5. The first-order chi connectivity index (χ1) is 25.6. The van der Waals surface area contributed by atoms with Crippen LogP contribution in [0.3, 0.4) is 0 Å². The van der Waals surface area contributed by atoms with E-state index in [4.69, 9.17) is 9.47 Å². The molecule has 0 radical (unpaired) electrons. The van der Waals surface area contributed by atoms with Crippen molar-refractivity contribution in [3.63, 3.8) is 0 Å². The fourth-order valence-electron chi connectivity index (χ4n) is 7.82. The summed E-state index contributed by atoms with van der Waals surface area (Å²) in [6, 6.07) is 11.6. The van der Waals surface area contributed by atoms with E-state index < -0.39 is 73.1 Å². The topological polar surface area (TPSA) is 226 Å². The van der Waals surface area contributed by atoms with Crippen molar-refractivity contribution in [3.05, 3.63) is 82.9 Å². The molecule has 3 fully saturated rings. The minimum absolute atomic E-state index is 0.0635. The van der Waals surface area contributed by atoms with Gasteiger partial charge in [-0.25, -0.2) is 4.98 Å². The molecule has 3 aromatic rings. The zero-order chi connectivity index (χ0) is 37.4. The molecule has 8 N–H and O–H groups in total. The van der Waals surface area contributed by atoms with Gasteiger partial charge in [0.05, 0.1) is 18.9 Å². The van der Waals surface area contributed by atoms with Crippen molar-refractivity contribution in [1.82, 2.24) is 14.9 Å². The van der Waals surface area contributed by atoms with E-state index in [1.165, 1.54) is 18.6 Å². The molecule has 0 unspecified atom stereocenters. The number of ether oxygens (including phenoxy) is 2. The summed E-state index contributed by atoms with van der Waals surface area (Å²) in [6.07, 6.45) is -7.50. The third-order valence-electron chi connectivity index (χ3n) is 10.8. The molecular weight excluding hydrogens is 686 g/mol. The number of piperidine rings is 1. The average molecular weight is 728 g/mol. The van der Waals surface area contributed by atoms with Gasteiger partial charge in [-0.3, -0.25) is 9.78 Å². The predicted octanol–water partition coefficient (Wildman–Crippen LogP) is -1.54. The average Bonchev–Trinajstić information content (AvgIpc) is 3.44. The first kappa shape index (κ1) is 37.0. The monoisotopic (exact) mass is 727 g/mol. The number of aliphatic hydroxyl groups is 8. The minimum atomic E-state index is -1.54. The Hall–Kier alpha value is -4.29. The molecule has 278 valence electrons. The molecule has 3 aliphatic heterocycles. The highest BCUT2D eigenvalue weighted by Crippen LogP contribution is 2.54. The van der Waals surface area contributed by atoms with Gasteiger partial charge in [0.25, 0.3) is 5.91 Å². The van der Waals surface area contributed by atoms with Gasteiger partial charge in [0, 0.05) is 48.6 Å². The highest BCUT2D eigenvalue weighted by Gasteiger charge is 2.47. The third-order valence-corrected chi connectivity index (χ3v) is 10.8. The molecule has 1 aromatic heterocycles. The summed E-state index contributed by atoms with van der Waals surface area (Å²) in [7, 11) is 0. The number of aliphatic hydroxyl groups excluding tert-OH is 8. The molecule has 1 spiro atoms. The molecule has 3 saturated heterocycles. The van der Waals surface area contributed by atoms with Crippen LogP contribution in [-0.2, 0) is 14.9 Å². The third kappa shape index (κ3) is 6.84. The summed E-state index contributed by atoms with van der Waals surface area (Å²) in [6.45, 7) is -0.00485. The van der Waals surface area contributed by atoms with Gasteiger partial charge in [0.1, 0.15) is 60.6 Å². The molecule has 4 aliphatic rings. The first-order valence-corrected chi connectivity index (χ1v) is 17.5. The van der Waals surface area contributed by atoms with E-state index in [1.54, 1.807) is 4.90 Å². The molecule has 10 atom stereocenters. The van der Waals surface area contributed by atoms with E-state index in [0.717, 1.165) is 22.3 Å². The molecule has 0 bridgehead atoms. The van der Waals surface area contributed by atoms with Crippen molar-refractivity contribution in [2.45, 2.75) is 85.7 Å². The zero-order valence-corrected chi connectivity index (χ0v) is 28.6. The maximum Gasteiger partial charge on any atom is 0.274 e. The van der Waals surface area contributed by atoms with E-state index in [1.807, 2.05) is 36.4 Å². The van der Waals surface area contributed by atoms with Gasteiger partial charge >= 0.3 is 0 Å². The van der Waals surface area contributed by atoms with Crippen LogP contribution < -0.4 is 0 Å². The van der Waals surface area contributed by atoms with Gasteiger partial charge < -0.3 is 55.2 Å². The Morgan fingerprint density at radius 1 is 0.755 bits per heavy atom. The Bertz CT molecular complexity index is 1950. The van der Waals surface area contributed by atoms with Crippen LogP contribution in [0.5, 0.6) is 0 Å². The number of amides is 1. The number of rotatable bonds is 4. The van der Waals surface area contributed by atoms with Crippen LogP contribution in [0.25, 0.3) is 11.1 Å². The molecular formula is C39H41N3O11. The SMILES string of the molecule is O=C(c1cnccn1)N1CCC2(CC1)c1cc(C#C[C@H]3O[C@H](CO)[C@@H](O)[C@H](O)[C@@H]3O)ccc1-c1ccc(C#C[C@H]3O[C@H](CCO)[C@@H](O)[C@H](O)[C@@H]3O)cc12. The summed E-state index contributed by atoms with van der Waals surface area (Å²) in [5.74, 6) is 11.7. The molecule has 14 nitrogen and oxygen atoms in total. The minimum Gasteiger partial charge on any atom is -0.396 e. The van der Waals surface area contributed by atoms with Crippen LogP contribution in [0, 0.1) is 23.7 Å². The summed E-state index contributed by atoms with van der Waals surface area (Å²) >= 11 is 0. The maximum absolute atomic E-state index is 13.3. The Kier molecular flexibility index (Phi) is 10.6. The Labute approximate surface area is 305 Å². The van der Waals surface area contributed by atoms with E-state index in [9.17, 15) is 45.6 Å². The fraction of sp³-hybridized carbons (Fsp3) is 0.462. The van der Waals surface area contributed by atoms with E-state index in [0.29, 0.717) is 37.1 Å². The van der Waals surface area contributed by atoms with Gasteiger partial charge in [0.2, 0.25) is 0 Å². The number of carbonyl (C=O) groups is 1. The van der Waals surface area contributed by atoms with Crippen LogP contribution in [-0.4, -0.2) is 149 Å². The number of nitrogens with zero attached hydrogens (tertiary/aromatic N) is 3. The van der Waals surface area contributed by atoms with Crippen LogP contribution in [0.4, 0.5) is 0 Å². The van der Waals surface area contributed by atoms with Crippen LogP contribution in [0.2, 0.25) is 0 Å². The number of likely N-dealkylation sites (tertiary alicyclic amines) is 1. The van der Waals surface area contributed by atoms with Crippen LogP contribution in [0.1, 0.15) is 52.0 Å². The normalized spacial score (nSPS) is 31.4. The number of benzene rings is 2. The second kappa shape index (κ2) is 15.2. The van der Waals surface area contributed by atoms with Crippen molar-refractivity contribution in [3.8, 4) is 34.8 Å². The fourth-order valence-corrected chi connectivity index (χ4v) is 7.82. The van der Waals surface area contributed by atoms with Crippen molar-refractivity contribution in [2.24, 2.45) is 0 Å². The number of aromatic nitrogens is 2. The van der Waals surface area contributed by atoms with Crippen LogP contribution >= 0.6 is 0 Å². The number of hydrogen-bond donors (Lipinski definition) is 8. The Morgan fingerprint density at radius 3 is 1.81 bits per heavy atom. The Morgan fingerprint density at radius 2 is 1.30 bits per heavy atom. The second-order valence-corrected chi connectivity index (χ2v) is 13.9. The van der Waals surface area contributed by atoms with E-state index >= 15 is 0 Å². The quantitative estimate of drug-likeness (QED) is 0.143. The second-order valence-electron chi connectivity index (χ2n) is 13.9. The van der Waals surface area contributed by atoms with Gasteiger partial charge in [-0.15, -0.1) is 0 Å². The first-order valence-electron chi connectivity index (χ1n) is 17.5. The molecule has 7 rings (SSSR count). The van der Waals surface area contributed by atoms with Crippen molar-refractivity contribution < 1.29 is 55.1 Å². The summed E-state index contributed by atoms with van der Waals surface area (Å²) < 4.78 is 11.3. The lowest BCUT2D eigenvalue weighted by Gasteiger charge is -2.41. The molecule has 1 amide bonds. The summed E-state index contributed by atoms with van der Waals surface area (Å²) in [4.78, 5) is 23.3. The largest absolute Gasteiger partial charge is 0.396 e. The highest BCUT2D eigenvalue weighted by atomic mass is 16.5. The Balaban J connectivity index is 1.22. The molecule has 0 saturated carbocycles. The summed E-state index contributed by atoms with van der Waals surface area (Å²) in [5, 5.41) is 81.2. The zero-order valence-electron chi connectivity index (χ0n) is 28.6. The standard InChI is InChI=1S/C39H41N3O11/c43-16-9-30-34(47)36(49)32(45)28(52-30)7-3-21-1-5-23-24-6-2-22(4-8-29-33(46)37(50)35(48)31(20-44)53-29)18-26(24)39(25(23)17-21)10-14-42(15-11-39)38(51)27-19-40-12-13-41-27/h1-2,5-6,12-13,17-19,28-37,43-50H,9-11,14-16,20H2/t28-,29-,30-,31-,32-,33-,34-,35-,36-,37-/m1/s1.